The average Bonchev–Trinajstić information content (AvgIpc) is 2.90. The molecule has 138 valence electrons. The first-order chi connectivity index (χ1) is 12.5. The summed E-state index contributed by atoms with van der Waals surface area (Å²) in [5.41, 5.74) is 9.38. The molecular formula is C19H21ClFN3OS. The third-order valence-electron chi connectivity index (χ3n) is 4.32. The second kappa shape index (κ2) is 8.31. The number of nitrogens with one attached hydrogen (secondary N) is 1. The highest BCUT2D eigenvalue weighted by Crippen LogP contribution is 2.37. The molecule has 3 aromatic rings. The van der Waals surface area contributed by atoms with E-state index in [4.69, 9.17) is 22.4 Å². The van der Waals surface area contributed by atoms with E-state index in [1.165, 1.54) is 6.07 Å². The lowest BCUT2D eigenvalue weighted by Gasteiger charge is -2.09. The molecule has 0 fully saturated rings. The number of benzene rings is 1. The van der Waals surface area contributed by atoms with Gasteiger partial charge in [-0.05, 0) is 31.4 Å². The fourth-order valence-corrected chi connectivity index (χ4v) is 4.38. The number of rotatable bonds is 7. The third kappa shape index (κ3) is 4.15. The zero-order valence-electron chi connectivity index (χ0n) is 14.4. The number of halogens is 2. The van der Waals surface area contributed by atoms with Crippen LogP contribution in [0.1, 0.15) is 22.4 Å². The first kappa shape index (κ1) is 19.0. The molecule has 0 aliphatic heterocycles. The van der Waals surface area contributed by atoms with Crippen LogP contribution in [-0.4, -0.2) is 22.7 Å². The van der Waals surface area contributed by atoms with Crippen LogP contribution in [-0.2, 0) is 13.0 Å². The molecule has 4 nitrogen and oxygen atoms in total. The summed E-state index contributed by atoms with van der Waals surface area (Å²) in [5.74, 6) is -0.241. The van der Waals surface area contributed by atoms with E-state index < -0.39 is 0 Å². The summed E-state index contributed by atoms with van der Waals surface area (Å²) in [6.45, 7) is 2.44. The van der Waals surface area contributed by atoms with Crippen molar-refractivity contribution in [3.05, 3.63) is 57.3 Å². The van der Waals surface area contributed by atoms with Gasteiger partial charge in [0.05, 0.1) is 15.9 Å². The van der Waals surface area contributed by atoms with Gasteiger partial charge in [0.25, 0.3) is 0 Å². The lowest BCUT2D eigenvalue weighted by atomic mass is 10.1. The number of hydrogen-bond acceptors (Lipinski definition) is 5. The topological polar surface area (TPSA) is 71.2 Å². The van der Waals surface area contributed by atoms with Gasteiger partial charge in [0.2, 0.25) is 0 Å². The maximum absolute atomic E-state index is 13.9. The number of aliphatic hydroxyl groups excluding tert-OH is 1. The fraction of sp³-hybridized carbons (Fsp3) is 0.316. The van der Waals surface area contributed by atoms with E-state index in [1.807, 2.05) is 13.0 Å². The molecule has 4 N–H and O–H groups in total. The first-order valence-electron chi connectivity index (χ1n) is 8.41. The van der Waals surface area contributed by atoms with Gasteiger partial charge >= 0.3 is 0 Å². The Bertz CT molecular complexity index is 915. The molecule has 3 rings (SSSR count). The van der Waals surface area contributed by atoms with E-state index in [9.17, 15) is 4.39 Å². The summed E-state index contributed by atoms with van der Waals surface area (Å²) in [6.07, 6.45) is 1.23. The third-order valence-corrected chi connectivity index (χ3v) is 5.85. The number of aryl methyl sites for hydroxylation is 1. The van der Waals surface area contributed by atoms with Crippen molar-refractivity contribution in [1.82, 2.24) is 4.98 Å². The zero-order valence-corrected chi connectivity index (χ0v) is 16.0. The quantitative estimate of drug-likeness (QED) is 0.524. The van der Waals surface area contributed by atoms with Crippen molar-refractivity contribution in [2.75, 3.05) is 11.9 Å². The highest BCUT2D eigenvalue weighted by molar-refractivity contribution is 7.19. The number of aromatic nitrogens is 1. The number of anilines is 1. The van der Waals surface area contributed by atoms with Crippen LogP contribution in [0.25, 0.3) is 10.2 Å². The smallest absolute Gasteiger partial charge is 0.131 e. The minimum absolute atomic E-state index is 0.0740. The van der Waals surface area contributed by atoms with E-state index >= 15 is 0 Å². The molecule has 0 aliphatic carbocycles. The van der Waals surface area contributed by atoms with Crippen molar-refractivity contribution in [1.29, 1.82) is 0 Å². The molecular weight excluding hydrogens is 373 g/mol. The molecule has 2 heterocycles. The highest BCUT2D eigenvalue weighted by Gasteiger charge is 2.16. The summed E-state index contributed by atoms with van der Waals surface area (Å²) in [5, 5.41) is 12.7. The van der Waals surface area contributed by atoms with Crippen LogP contribution >= 0.6 is 22.9 Å². The van der Waals surface area contributed by atoms with E-state index in [1.54, 1.807) is 29.5 Å². The van der Waals surface area contributed by atoms with Gasteiger partial charge in [-0.2, -0.15) is 0 Å². The molecule has 7 heteroatoms. The number of pyridine rings is 1. The molecule has 0 radical (unpaired) electrons. The van der Waals surface area contributed by atoms with Crippen molar-refractivity contribution >= 4 is 38.8 Å². The Kier molecular flexibility index (Phi) is 6.09. The Labute approximate surface area is 160 Å². The average molecular weight is 394 g/mol. The number of aliphatic hydroxyl groups is 1. The van der Waals surface area contributed by atoms with Gasteiger partial charge in [0.15, 0.2) is 0 Å². The molecule has 0 saturated heterocycles. The first-order valence-corrected chi connectivity index (χ1v) is 9.61. The molecule has 0 spiro atoms. The molecule has 1 aromatic carbocycles. The summed E-state index contributed by atoms with van der Waals surface area (Å²) in [6, 6.07) is 8.34. The van der Waals surface area contributed by atoms with Crippen LogP contribution in [0.15, 0.2) is 30.3 Å². The second-order valence-electron chi connectivity index (χ2n) is 6.24. The molecule has 26 heavy (non-hydrogen) atoms. The van der Waals surface area contributed by atoms with Crippen LogP contribution in [0.3, 0.4) is 0 Å². The number of thiophene rings is 1. The van der Waals surface area contributed by atoms with Crippen LogP contribution in [0.4, 0.5) is 10.1 Å². The van der Waals surface area contributed by atoms with Crippen molar-refractivity contribution in [3.63, 3.8) is 0 Å². The van der Waals surface area contributed by atoms with Crippen molar-refractivity contribution in [2.45, 2.75) is 32.4 Å². The van der Waals surface area contributed by atoms with Gasteiger partial charge in [-0.3, -0.25) is 0 Å². The molecule has 1 unspecified atom stereocenters. The molecule has 0 bridgehead atoms. The normalized spacial score (nSPS) is 12.5. The van der Waals surface area contributed by atoms with Gasteiger partial charge in [-0.15, -0.1) is 11.3 Å². The van der Waals surface area contributed by atoms with E-state index in [2.05, 4.69) is 10.3 Å². The predicted molar refractivity (Wildman–Crippen MR) is 106 cm³/mol. The monoisotopic (exact) mass is 393 g/mol. The Morgan fingerprint density at radius 3 is 2.88 bits per heavy atom. The van der Waals surface area contributed by atoms with Crippen molar-refractivity contribution in [3.8, 4) is 0 Å². The number of nitrogens with zero attached hydrogens (tertiary/aromatic N) is 1. The van der Waals surface area contributed by atoms with E-state index in [-0.39, 0.29) is 18.5 Å². The maximum Gasteiger partial charge on any atom is 0.131 e. The van der Waals surface area contributed by atoms with Crippen molar-refractivity contribution in [2.24, 2.45) is 5.73 Å². The van der Waals surface area contributed by atoms with Crippen LogP contribution in [0.2, 0.25) is 5.15 Å². The van der Waals surface area contributed by atoms with Crippen molar-refractivity contribution < 1.29 is 9.50 Å². The van der Waals surface area contributed by atoms with E-state index in [0.29, 0.717) is 30.1 Å². The largest absolute Gasteiger partial charge is 0.396 e. The Hall–Kier alpha value is -1.73. The second-order valence-corrected chi connectivity index (χ2v) is 7.73. The minimum Gasteiger partial charge on any atom is -0.396 e. The zero-order chi connectivity index (χ0) is 18.7. The fourth-order valence-electron chi connectivity index (χ4n) is 2.86. The van der Waals surface area contributed by atoms with Gasteiger partial charge in [-0.1, -0.05) is 29.8 Å². The summed E-state index contributed by atoms with van der Waals surface area (Å²) >= 11 is 7.81. The Morgan fingerprint density at radius 2 is 2.15 bits per heavy atom. The van der Waals surface area contributed by atoms with Crippen LogP contribution in [0.5, 0.6) is 0 Å². The molecule has 1 atom stereocenters. The lowest BCUT2D eigenvalue weighted by Crippen LogP contribution is -2.23. The number of hydrogen-bond donors (Lipinski definition) is 3. The predicted octanol–water partition coefficient (Wildman–Crippen LogP) is 4.26. The molecule has 0 amide bonds. The van der Waals surface area contributed by atoms with Crippen LogP contribution < -0.4 is 11.1 Å². The molecule has 0 saturated carbocycles. The standard InChI is InChI=1S/C19H21ClFN3OS/c1-11-16(8-13(22)6-7-25)26-19-15(9-17(20)24-18(11)19)23-10-12-4-2-3-5-14(12)21/h2-5,9,13,25H,6-8,10,22H2,1H3,(H,23,24). The van der Waals surface area contributed by atoms with E-state index in [0.717, 1.165) is 26.3 Å². The Morgan fingerprint density at radius 1 is 1.38 bits per heavy atom. The summed E-state index contributed by atoms with van der Waals surface area (Å²) in [4.78, 5) is 5.58. The minimum atomic E-state index is -0.241. The van der Waals surface area contributed by atoms with Crippen LogP contribution in [0, 0.1) is 12.7 Å². The number of fused-ring (bicyclic) bond motifs is 1. The highest BCUT2D eigenvalue weighted by atomic mass is 35.5. The summed E-state index contributed by atoms with van der Waals surface area (Å²) < 4.78 is 14.8. The SMILES string of the molecule is Cc1c(CC(N)CCO)sc2c(NCc3ccccc3F)cc(Cl)nc12. The maximum atomic E-state index is 13.9. The number of nitrogens with two attached hydrogens (primary N) is 1. The summed E-state index contributed by atoms with van der Waals surface area (Å²) in [7, 11) is 0. The Balaban J connectivity index is 1.91. The van der Waals surface area contributed by atoms with Gasteiger partial charge in [-0.25, -0.2) is 9.37 Å². The van der Waals surface area contributed by atoms with Gasteiger partial charge < -0.3 is 16.2 Å². The van der Waals surface area contributed by atoms with Gasteiger partial charge in [0, 0.05) is 35.7 Å². The van der Waals surface area contributed by atoms with Gasteiger partial charge in [0.1, 0.15) is 11.0 Å². The molecule has 2 aromatic heterocycles. The molecule has 0 aliphatic rings. The lowest BCUT2D eigenvalue weighted by molar-refractivity contribution is 0.275.